The van der Waals surface area contributed by atoms with Gasteiger partial charge in [0.25, 0.3) is 10.0 Å². The molecule has 2 heterocycles. The minimum Gasteiger partial charge on any atom is -0.406 e. The van der Waals surface area contributed by atoms with Crippen LogP contribution in [0.2, 0.25) is 0 Å². The highest BCUT2D eigenvalue weighted by molar-refractivity contribution is 7.90. The van der Waals surface area contributed by atoms with Crippen LogP contribution in [0, 0.1) is 13.8 Å². The van der Waals surface area contributed by atoms with Gasteiger partial charge >= 0.3 is 23.9 Å². The smallest absolute Gasteiger partial charge is 0.406 e. The number of sulfonamides is 1. The van der Waals surface area contributed by atoms with E-state index >= 15 is 0 Å². The van der Waals surface area contributed by atoms with Crippen molar-refractivity contribution in [3.05, 3.63) is 47.5 Å². The van der Waals surface area contributed by atoms with Crippen LogP contribution in [-0.4, -0.2) is 35.8 Å². The third-order valence-corrected chi connectivity index (χ3v) is 4.80. The molecule has 0 aliphatic carbocycles. The van der Waals surface area contributed by atoms with E-state index in [1.165, 1.54) is 4.52 Å². The van der Waals surface area contributed by atoms with Gasteiger partial charge in [0.2, 0.25) is 0 Å². The fraction of sp³-hybridized carbons (Fsp3) is 0.200. The minimum atomic E-state index is -4.99. The third-order valence-electron chi connectivity index (χ3n) is 3.47. The molecule has 0 aliphatic rings. The second-order valence-electron chi connectivity index (χ2n) is 5.70. The molecule has 0 unspecified atom stereocenters. The summed E-state index contributed by atoms with van der Waals surface area (Å²) in [6.45, 7) is 3.45. The van der Waals surface area contributed by atoms with E-state index in [0.29, 0.717) is 17.5 Å². The number of H-pyrrole nitrogens is 1. The Hall–Kier alpha value is -3.22. The molecule has 13 heteroatoms. The van der Waals surface area contributed by atoms with E-state index in [2.05, 4.69) is 19.8 Å². The molecule has 0 saturated carbocycles. The molecule has 0 bridgehead atoms. The molecule has 9 nitrogen and oxygen atoms in total. The highest BCUT2D eigenvalue weighted by Crippen LogP contribution is 2.24. The van der Waals surface area contributed by atoms with E-state index in [9.17, 15) is 26.4 Å². The molecule has 0 fully saturated rings. The third kappa shape index (κ3) is 4.19. The van der Waals surface area contributed by atoms with E-state index in [1.54, 1.807) is 24.6 Å². The number of aromatic amines is 1. The van der Waals surface area contributed by atoms with Gasteiger partial charge in [0.15, 0.2) is 0 Å². The highest BCUT2D eigenvalue weighted by Gasteiger charge is 2.32. The summed E-state index contributed by atoms with van der Waals surface area (Å²) in [5, 5.41) is 2.60. The summed E-state index contributed by atoms with van der Waals surface area (Å²) in [5.74, 6) is -2.03. The number of aromatic nitrogens is 4. The second kappa shape index (κ2) is 6.74. The fourth-order valence-electron chi connectivity index (χ4n) is 2.38. The SMILES string of the molecule is Cc1cc(C)[n+]2[nH]c(C(=O)NS(=O)(=O)c3cccc(OC(F)(F)F)c3)nc2n1. The van der Waals surface area contributed by atoms with Gasteiger partial charge in [-0.25, -0.2) is 18.2 Å². The Kier molecular flexibility index (Phi) is 4.71. The zero-order valence-corrected chi connectivity index (χ0v) is 15.2. The zero-order valence-electron chi connectivity index (χ0n) is 14.4. The van der Waals surface area contributed by atoms with E-state index in [0.717, 1.165) is 18.2 Å². The number of nitrogens with zero attached hydrogens (tertiary/aromatic N) is 3. The summed E-state index contributed by atoms with van der Waals surface area (Å²) >= 11 is 0. The normalized spacial score (nSPS) is 12.2. The van der Waals surface area contributed by atoms with Crippen LogP contribution in [0.25, 0.3) is 5.78 Å². The first-order valence-electron chi connectivity index (χ1n) is 7.63. The van der Waals surface area contributed by atoms with Crippen molar-refractivity contribution in [2.75, 3.05) is 0 Å². The molecule has 3 rings (SSSR count). The summed E-state index contributed by atoms with van der Waals surface area (Å²) in [5.41, 5.74) is 1.32. The van der Waals surface area contributed by atoms with E-state index in [1.807, 2.05) is 0 Å². The molecular weight excluding hydrogens is 403 g/mol. The first kappa shape index (κ1) is 19.5. The number of fused-ring (bicyclic) bond motifs is 1. The Bertz CT molecular complexity index is 1170. The number of aryl methyl sites for hydroxylation is 2. The first-order valence-corrected chi connectivity index (χ1v) is 9.12. The Labute approximate surface area is 156 Å². The number of benzene rings is 1. The lowest BCUT2D eigenvalue weighted by atomic mass is 10.3. The number of alkyl halides is 3. The average Bonchev–Trinajstić information content (AvgIpc) is 2.97. The number of nitrogens with one attached hydrogen (secondary N) is 2. The van der Waals surface area contributed by atoms with Crippen LogP contribution in [0.15, 0.2) is 35.2 Å². The molecular formula is C15H13F3N5O4S+. The second-order valence-corrected chi connectivity index (χ2v) is 7.39. The Morgan fingerprint density at radius 1 is 1.21 bits per heavy atom. The van der Waals surface area contributed by atoms with Gasteiger partial charge < -0.3 is 4.74 Å². The van der Waals surface area contributed by atoms with Crippen molar-refractivity contribution >= 4 is 21.7 Å². The molecule has 1 amide bonds. The molecule has 0 atom stereocenters. The highest BCUT2D eigenvalue weighted by atomic mass is 32.2. The molecule has 1 aromatic carbocycles. The quantitative estimate of drug-likeness (QED) is 0.617. The van der Waals surface area contributed by atoms with Crippen molar-refractivity contribution < 1.29 is 35.6 Å². The van der Waals surface area contributed by atoms with Crippen molar-refractivity contribution in [1.82, 2.24) is 19.8 Å². The van der Waals surface area contributed by atoms with Crippen LogP contribution >= 0.6 is 0 Å². The van der Waals surface area contributed by atoms with Gasteiger partial charge in [-0.3, -0.25) is 4.79 Å². The lowest BCUT2D eigenvalue weighted by molar-refractivity contribution is -0.587. The minimum absolute atomic E-state index is 0.153. The summed E-state index contributed by atoms with van der Waals surface area (Å²) < 4.78 is 68.4. The molecule has 148 valence electrons. The Balaban J connectivity index is 1.87. The Morgan fingerprint density at radius 2 is 1.93 bits per heavy atom. The van der Waals surface area contributed by atoms with E-state index < -0.39 is 32.9 Å². The largest absolute Gasteiger partial charge is 0.573 e. The molecule has 2 aromatic heterocycles. The van der Waals surface area contributed by atoms with Crippen LogP contribution in [0.3, 0.4) is 0 Å². The first-order chi connectivity index (χ1) is 12.9. The van der Waals surface area contributed by atoms with Crippen LogP contribution in [-0.2, 0) is 10.0 Å². The number of ether oxygens (including phenoxy) is 1. The van der Waals surface area contributed by atoms with Crippen molar-refractivity contribution in [3.63, 3.8) is 0 Å². The number of rotatable bonds is 4. The van der Waals surface area contributed by atoms with Crippen molar-refractivity contribution in [1.29, 1.82) is 0 Å². The van der Waals surface area contributed by atoms with E-state index in [4.69, 9.17) is 0 Å². The predicted octanol–water partition coefficient (Wildman–Crippen LogP) is 1.18. The summed E-state index contributed by atoms with van der Waals surface area (Å²) in [4.78, 5) is 19.7. The predicted molar refractivity (Wildman–Crippen MR) is 86.8 cm³/mol. The van der Waals surface area contributed by atoms with Crippen LogP contribution in [0.4, 0.5) is 13.2 Å². The maximum atomic E-state index is 12.3. The maximum Gasteiger partial charge on any atom is 0.573 e. The van der Waals surface area contributed by atoms with Crippen LogP contribution < -0.4 is 14.0 Å². The molecule has 0 aliphatic heterocycles. The van der Waals surface area contributed by atoms with Gasteiger partial charge in [-0.05, 0) is 31.0 Å². The van der Waals surface area contributed by atoms with Crippen LogP contribution in [0.5, 0.6) is 5.75 Å². The van der Waals surface area contributed by atoms with Crippen molar-refractivity contribution in [2.24, 2.45) is 0 Å². The monoisotopic (exact) mass is 416 g/mol. The van der Waals surface area contributed by atoms with Gasteiger partial charge in [0.1, 0.15) is 17.1 Å². The van der Waals surface area contributed by atoms with Gasteiger partial charge in [-0.1, -0.05) is 11.1 Å². The van der Waals surface area contributed by atoms with Crippen LogP contribution in [0.1, 0.15) is 22.0 Å². The molecule has 3 aromatic rings. The summed E-state index contributed by atoms with van der Waals surface area (Å²) in [6.07, 6.45) is -4.99. The lowest BCUT2D eigenvalue weighted by Crippen LogP contribution is -2.33. The zero-order chi connectivity index (χ0) is 20.7. The molecule has 2 N–H and O–H groups in total. The Morgan fingerprint density at radius 3 is 2.61 bits per heavy atom. The average molecular weight is 416 g/mol. The lowest BCUT2D eigenvalue weighted by Gasteiger charge is -2.10. The van der Waals surface area contributed by atoms with Crippen molar-refractivity contribution in [3.8, 4) is 5.75 Å². The molecule has 0 spiro atoms. The number of hydrogen-bond acceptors (Lipinski definition) is 6. The molecule has 0 radical (unpaired) electrons. The molecule has 0 saturated heterocycles. The van der Waals surface area contributed by atoms with E-state index in [-0.39, 0.29) is 11.6 Å². The standard InChI is InChI=1S/C15H12F3N5O4S/c1-8-6-9(2)23-14(19-8)20-12(21-23)13(24)22-28(25,26)11-5-3-4-10(7-11)27-15(16,17)18/h3-7H,1-2H3,(H,22,24)/p+1. The number of carbonyl (C=O) groups is 1. The summed E-state index contributed by atoms with van der Waals surface area (Å²) in [6, 6.07) is 5.36. The van der Waals surface area contributed by atoms with Gasteiger partial charge in [0, 0.05) is 12.1 Å². The fourth-order valence-corrected chi connectivity index (χ4v) is 3.37. The molecule has 28 heavy (non-hydrogen) atoms. The van der Waals surface area contributed by atoms with Crippen molar-refractivity contribution in [2.45, 2.75) is 25.1 Å². The van der Waals surface area contributed by atoms with Gasteiger partial charge in [-0.15, -0.1) is 17.7 Å². The van der Waals surface area contributed by atoms with Gasteiger partial charge in [-0.2, -0.15) is 0 Å². The van der Waals surface area contributed by atoms with Gasteiger partial charge in [0.05, 0.1) is 4.90 Å². The summed E-state index contributed by atoms with van der Waals surface area (Å²) in [7, 11) is -4.48. The number of hydrogen-bond donors (Lipinski definition) is 2. The maximum absolute atomic E-state index is 12.3. The topological polar surface area (TPSA) is 118 Å². The number of amides is 1. The number of carbonyl (C=O) groups excluding carboxylic acids is 1. The number of halogens is 3.